The zero-order chi connectivity index (χ0) is 23.9. The quantitative estimate of drug-likeness (QED) is 0.511. The molecule has 0 heterocycles. The maximum absolute atomic E-state index is 12.3. The summed E-state index contributed by atoms with van der Waals surface area (Å²) in [7, 11) is 0. The molecule has 4 heteroatoms. The Kier molecular flexibility index (Phi) is 6.85. The molecular weight excluding hydrogens is 424 g/mol. The normalized spacial score (nSPS) is 43.5. The first kappa shape index (κ1) is 24.3. The molecule has 188 valence electrons. The highest BCUT2D eigenvalue weighted by atomic mass is 16.5. The van der Waals surface area contributed by atoms with Crippen LogP contribution in [0.1, 0.15) is 90.0 Å². The van der Waals surface area contributed by atoms with Crippen LogP contribution in [0.15, 0.2) is 30.3 Å². The van der Waals surface area contributed by atoms with Gasteiger partial charge in [-0.05, 0) is 110 Å². The second kappa shape index (κ2) is 9.58. The number of hydrogen-bond donors (Lipinski definition) is 2. The van der Waals surface area contributed by atoms with Gasteiger partial charge in [-0.3, -0.25) is 4.79 Å². The third-order valence-electron chi connectivity index (χ3n) is 11.1. The average molecular weight is 469 g/mol. The third-order valence-corrected chi connectivity index (χ3v) is 11.1. The van der Waals surface area contributed by atoms with E-state index in [1.165, 1.54) is 25.7 Å². The van der Waals surface area contributed by atoms with Crippen LogP contribution < -0.4 is 0 Å². The summed E-state index contributed by atoms with van der Waals surface area (Å²) >= 11 is 0. The summed E-state index contributed by atoms with van der Waals surface area (Å²) in [6, 6.07) is 9.85. The molecule has 4 aliphatic carbocycles. The number of fused-ring (bicyclic) bond motifs is 5. The maximum atomic E-state index is 12.3. The van der Waals surface area contributed by atoms with Gasteiger partial charge in [0.25, 0.3) is 0 Å². The van der Waals surface area contributed by atoms with Crippen molar-refractivity contribution in [1.82, 2.24) is 0 Å². The van der Waals surface area contributed by atoms with Crippen molar-refractivity contribution in [2.75, 3.05) is 0 Å². The van der Waals surface area contributed by atoms with Gasteiger partial charge in [0.2, 0.25) is 0 Å². The van der Waals surface area contributed by atoms with Crippen LogP contribution in [0.4, 0.5) is 0 Å². The fraction of sp³-hybridized carbons (Fsp3) is 0.767. The third kappa shape index (κ3) is 4.23. The van der Waals surface area contributed by atoms with Crippen molar-refractivity contribution in [2.24, 2.45) is 40.4 Å². The highest BCUT2D eigenvalue weighted by Gasteiger charge is 2.62. The molecule has 0 bridgehead atoms. The number of esters is 1. The van der Waals surface area contributed by atoms with Gasteiger partial charge in [0, 0.05) is 6.42 Å². The van der Waals surface area contributed by atoms with Gasteiger partial charge < -0.3 is 14.9 Å². The van der Waals surface area contributed by atoms with Crippen LogP contribution in [-0.2, 0) is 16.1 Å². The Morgan fingerprint density at radius 1 is 1.00 bits per heavy atom. The Balaban J connectivity index is 1.18. The molecule has 4 aliphatic rings. The van der Waals surface area contributed by atoms with E-state index in [1.807, 2.05) is 30.3 Å². The summed E-state index contributed by atoms with van der Waals surface area (Å²) in [6.07, 6.45) is 10.8. The SMILES string of the molecule is C[C@@]12C(CCCC(=O)OCc3ccccc3)CCC1C1CC[C@@H]3C[C@H](O)CC[C@]3(C)C1C[C@@H]2O. The van der Waals surface area contributed by atoms with E-state index < -0.39 is 0 Å². The minimum atomic E-state index is -0.251. The van der Waals surface area contributed by atoms with Crippen LogP contribution >= 0.6 is 0 Å². The van der Waals surface area contributed by atoms with Gasteiger partial charge in [0.05, 0.1) is 12.2 Å². The van der Waals surface area contributed by atoms with Crippen LogP contribution in [0.2, 0.25) is 0 Å². The molecule has 4 nitrogen and oxygen atoms in total. The Bertz CT molecular complexity index is 855. The van der Waals surface area contributed by atoms with Gasteiger partial charge in [0.1, 0.15) is 6.61 Å². The standard InChI is InChI=1S/C30H44O4/c1-29-16-15-23(31)17-22(29)11-13-24-25-14-12-21(30(25,2)27(32)18-26(24)29)9-6-10-28(33)34-19-20-7-4-3-5-8-20/h3-5,7-8,21-27,31-32H,6,9-19H2,1-2H3/t21?,22-,23-,24?,25?,26?,27+,29+,30-/m1/s1. The molecule has 1 aromatic carbocycles. The lowest BCUT2D eigenvalue weighted by Crippen LogP contribution is -2.58. The van der Waals surface area contributed by atoms with E-state index in [-0.39, 0.29) is 29.0 Å². The van der Waals surface area contributed by atoms with Crippen molar-refractivity contribution >= 4 is 5.97 Å². The Morgan fingerprint density at radius 3 is 2.59 bits per heavy atom. The minimum Gasteiger partial charge on any atom is -0.461 e. The fourth-order valence-corrected chi connectivity index (χ4v) is 9.10. The molecule has 4 fully saturated rings. The molecule has 0 saturated heterocycles. The lowest BCUT2D eigenvalue weighted by Gasteiger charge is -2.62. The van der Waals surface area contributed by atoms with Crippen LogP contribution in [0.5, 0.6) is 0 Å². The number of benzene rings is 1. The average Bonchev–Trinajstić information content (AvgIpc) is 3.17. The van der Waals surface area contributed by atoms with Crippen molar-refractivity contribution in [3.05, 3.63) is 35.9 Å². The molecular formula is C30H44O4. The second-order valence-corrected chi connectivity index (χ2v) is 12.5. The van der Waals surface area contributed by atoms with Gasteiger partial charge in [-0.25, -0.2) is 0 Å². The molecule has 4 saturated carbocycles. The van der Waals surface area contributed by atoms with Crippen LogP contribution in [-0.4, -0.2) is 28.4 Å². The van der Waals surface area contributed by atoms with E-state index in [1.54, 1.807) is 0 Å². The van der Waals surface area contributed by atoms with E-state index in [0.717, 1.165) is 44.1 Å². The first-order valence-electron chi connectivity index (χ1n) is 13.9. The van der Waals surface area contributed by atoms with E-state index in [4.69, 9.17) is 4.74 Å². The number of aliphatic hydroxyl groups excluding tert-OH is 2. The molecule has 9 atom stereocenters. The molecule has 0 aliphatic heterocycles. The molecule has 34 heavy (non-hydrogen) atoms. The van der Waals surface area contributed by atoms with Crippen molar-refractivity contribution < 1.29 is 19.7 Å². The minimum absolute atomic E-state index is 0.0213. The summed E-state index contributed by atoms with van der Waals surface area (Å²) < 4.78 is 5.48. The fourth-order valence-electron chi connectivity index (χ4n) is 9.10. The molecule has 4 unspecified atom stereocenters. The Hall–Kier alpha value is -1.39. The number of aliphatic hydroxyl groups is 2. The summed E-state index contributed by atoms with van der Waals surface area (Å²) in [5, 5.41) is 21.8. The van der Waals surface area contributed by atoms with E-state index >= 15 is 0 Å². The van der Waals surface area contributed by atoms with Crippen molar-refractivity contribution in [3.63, 3.8) is 0 Å². The molecule has 0 amide bonds. The summed E-state index contributed by atoms with van der Waals surface area (Å²) in [6.45, 7) is 5.19. The van der Waals surface area contributed by atoms with Gasteiger partial charge in [-0.2, -0.15) is 0 Å². The Morgan fingerprint density at radius 2 is 1.79 bits per heavy atom. The zero-order valence-corrected chi connectivity index (χ0v) is 21.1. The predicted octanol–water partition coefficient (Wildman–Crippen LogP) is 5.89. The zero-order valence-electron chi connectivity index (χ0n) is 21.1. The first-order valence-corrected chi connectivity index (χ1v) is 13.9. The van der Waals surface area contributed by atoms with Gasteiger partial charge in [-0.1, -0.05) is 44.2 Å². The number of carbonyl (C=O) groups is 1. The van der Waals surface area contributed by atoms with Gasteiger partial charge in [0.15, 0.2) is 0 Å². The number of carbonyl (C=O) groups excluding carboxylic acids is 1. The monoisotopic (exact) mass is 468 g/mol. The largest absolute Gasteiger partial charge is 0.461 e. The highest BCUT2D eigenvalue weighted by molar-refractivity contribution is 5.69. The molecule has 2 N–H and O–H groups in total. The van der Waals surface area contributed by atoms with Crippen molar-refractivity contribution in [3.8, 4) is 0 Å². The van der Waals surface area contributed by atoms with E-state index in [0.29, 0.717) is 42.6 Å². The van der Waals surface area contributed by atoms with E-state index in [9.17, 15) is 15.0 Å². The number of rotatable bonds is 6. The van der Waals surface area contributed by atoms with Crippen LogP contribution in [0.25, 0.3) is 0 Å². The predicted molar refractivity (Wildman–Crippen MR) is 133 cm³/mol. The van der Waals surface area contributed by atoms with Crippen LogP contribution in [0.3, 0.4) is 0 Å². The van der Waals surface area contributed by atoms with Crippen LogP contribution in [0, 0.1) is 40.4 Å². The number of ether oxygens (including phenoxy) is 1. The van der Waals surface area contributed by atoms with Crippen molar-refractivity contribution in [1.29, 1.82) is 0 Å². The molecule has 0 aromatic heterocycles. The lowest BCUT2D eigenvalue weighted by molar-refractivity contribution is -0.171. The van der Waals surface area contributed by atoms with Gasteiger partial charge >= 0.3 is 5.97 Å². The van der Waals surface area contributed by atoms with Crippen molar-refractivity contribution in [2.45, 2.75) is 103 Å². The molecule has 0 radical (unpaired) electrons. The van der Waals surface area contributed by atoms with E-state index in [2.05, 4.69) is 13.8 Å². The Labute approximate surface area is 205 Å². The summed E-state index contributed by atoms with van der Waals surface area (Å²) in [4.78, 5) is 12.3. The smallest absolute Gasteiger partial charge is 0.306 e. The molecule has 1 aromatic rings. The first-order chi connectivity index (χ1) is 16.3. The maximum Gasteiger partial charge on any atom is 0.306 e. The summed E-state index contributed by atoms with van der Waals surface area (Å²) in [5.74, 6) is 2.91. The number of hydrogen-bond acceptors (Lipinski definition) is 4. The molecule has 5 rings (SSSR count). The topological polar surface area (TPSA) is 66.8 Å². The lowest BCUT2D eigenvalue weighted by atomic mass is 9.44. The highest BCUT2D eigenvalue weighted by Crippen LogP contribution is 2.67. The summed E-state index contributed by atoms with van der Waals surface area (Å²) in [5.41, 5.74) is 1.29. The second-order valence-electron chi connectivity index (χ2n) is 12.5. The van der Waals surface area contributed by atoms with Gasteiger partial charge in [-0.15, -0.1) is 0 Å². The molecule has 0 spiro atoms.